The summed E-state index contributed by atoms with van der Waals surface area (Å²) in [4.78, 5) is 19.0. The predicted octanol–water partition coefficient (Wildman–Crippen LogP) is 3.74. The van der Waals surface area contributed by atoms with Crippen LogP contribution in [0.25, 0.3) is 0 Å². The van der Waals surface area contributed by atoms with Gasteiger partial charge in [0.15, 0.2) is 23.0 Å². The third kappa shape index (κ3) is 5.03. The lowest BCUT2D eigenvalue weighted by atomic mass is 10.1. The summed E-state index contributed by atoms with van der Waals surface area (Å²) in [6.07, 6.45) is 3.47. The van der Waals surface area contributed by atoms with Gasteiger partial charge < -0.3 is 29.2 Å². The van der Waals surface area contributed by atoms with E-state index in [1.165, 1.54) is 0 Å². The summed E-state index contributed by atoms with van der Waals surface area (Å²) in [5, 5.41) is 2.99. The van der Waals surface area contributed by atoms with E-state index < -0.39 is 0 Å². The maximum absolute atomic E-state index is 13.1. The van der Waals surface area contributed by atoms with Gasteiger partial charge in [-0.1, -0.05) is 18.2 Å². The van der Waals surface area contributed by atoms with Crippen LogP contribution in [-0.4, -0.2) is 36.9 Å². The number of hydrogen-bond donors (Lipinski definition) is 1. The molecule has 2 aromatic carbocycles. The third-order valence-electron chi connectivity index (χ3n) is 5.09. The standard InChI is InChI=1S/C24H25N3O5/c1-29-20-7-5-17(10-22(20)30-2)13-26-24(28)27(15-19-4-3-9-25-12-19)14-18-6-8-21-23(11-18)32-16-31-21/h3-12H,13-16H2,1-2H3,(H,26,28). The summed E-state index contributed by atoms with van der Waals surface area (Å²) in [5.41, 5.74) is 2.79. The molecule has 0 bridgehead atoms. The molecule has 2 heterocycles. The van der Waals surface area contributed by atoms with E-state index in [1.54, 1.807) is 31.5 Å². The van der Waals surface area contributed by atoms with E-state index in [-0.39, 0.29) is 12.8 Å². The van der Waals surface area contributed by atoms with Crippen molar-refractivity contribution in [2.75, 3.05) is 21.0 Å². The normalized spacial score (nSPS) is 11.7. The topological polar surface area (TPSA) is 82.2 Å². The van der Waals surface area contributed by atoms with Crippen LogP contribution in [-0.2, 0) is 19.6 Å². The molecule has 1 aliphatic heterocycles. The lowest BCUT2D eigenvalue weighted by molar-refractivity contribution is 0.173. The van der Waals surface area contributed by atoms with Gasteiger partial charge in [-0.2, -0.15) is 0 Å². The molecule has 1 aromatic heterocycles. The first kappa shape index (κ1) is 21.3. The monoisotopic (exact) mass is 435 g/mol. The van der Waals surface area contributed by atoms with E-state index in [0.717, 1.165) is 16.7 Å². The highest BCUT2D eigenvalue weighted by Gasteiger charge is 2.18. The van der Waals surface area contributed by atoms with Crippen molar-refractivity contribution >= 4 is 6.03 Å². The van der Waals surface area contributed by atoms with Crippen molar-refractivity contribution in [2.45, 2.75) is 19.6 Å². The summed E-state index contributed by atoms with van der Waals surface area (Å²) in [7, 11) is 3.17. The largest absolute Gasteiger partial charge is 0.493 e. The molecule has 0 saturated heterocycles. The van der Waals surface area contributed by atoms with E-state index in [1.807, 2.05) is 48.5 Å². The van der Waals surface area contributed by atoms with Crippen molar-refractivity contribution in [1.82, 2.24) is 15.2 Å². The number of aromatic nitrogens is 1. The second-order valence-electron chi connectivity index (χ2n) is 7.25. The number of ether oxygens (including phenoxy) is 4. The van der Waals surface area contributed by atoms with Crippen molar-refractivity contribution in [1.29, 1.82) is 0 Å². The SMILES string of the molecule is COc1ccc(CNC(=O)N(Cc2cccnc2)Cc2ccc3c(c2)OCO3)cc1OC. The number of benzene rings is 2. The molecule has 4 rings (SSSR count). The van der Waals surface area contributed by atoms with Crippen LogP contribution in [0.15, 0.2) is 60.9 Å². The Morgan fingerprint density at radius 1 is 0.969 bits per heavy atom. The first-order chi connectivity index (χ1) is 15.7. The fourth-order valence-electron chi connectivity index (χ4n) is 3.45. The number of hydrogen-bond acceptors (Lipinski definition) is 6. The van der Waals surface area contributed by atoms with Gasteiger partial charge in [0.1, 0.15) is 0 Å². The minimum atomic E-state index is -0.193. The van der Waals surface area contributed by atoms with Gasteiger partial charge in [0.2, 0.25) is 6.79 Å². The lowest BCUT2D eigenvalue weighted by Crippen LogP contribution is -2.38. The zero-order valence-corrected chi connectivity index (χ0v) is 18.0. The summed E-state index contributed by atoms with van der Waals surface area (Å²) < 4.78 is 21.5. The zero-order valence-electron chi connectivity index (χ0n) is 18.0. The summed E-state index contributed by atoms with van der Waals surface area (Å²) >= 11 is 0. The molecule has 8 heteroatoms. The molecule has 0 atom stereocenters. The maximum atomic E-state index is 13.1. The van der Waals surface area contributed by atoms with Gasteiger partial charge in [-0.25, -0.2) is 4.79 Å². The molecule has 1 aliphatic rings. The van der Waals surface area contributed by atoms with Gasteiger partial charge in [0.25, 0.3) is 0 Å². The number of nitrogens with one attached hydrogen (secondary N) is 1. The van der Waals surface area contributed by atoms with Crippen molar-refractivity contribution in [3.63, 3.8) is 0 Å². The van der Waals surface area contributed by atoms with Crippen LogP contribution < -0.4 is 24.3 Å². The number of rotatable bonds is 8. The molecule has 2 amide bonds. The van der Waals surface area contributed by atoms with Crippen LogP contribution in [0, 0.1) is 0 Å². The number of carbonyl (C=O) groups is 1. The Hall–Kier alpha value is -3.94. The second-order valence-corrected chi connectivity index (χ2v) is 7.25. The Labute approximate surface area is 186 Å². The van der Waals surface area contributed by atoms with E-state index in [0.29, 0.717) is 42.6 Å². The second kappa shape index (κ2) is 9.91. The third-order valence-corrected chi connectivity index (χ3v) is 5.09. The number of fused-ring (bicyclic) bond motifs is 1. The molecule has 166 valence electrons. The highest BCUT2D eigenvalue weighted by Crippen LogP contribution is 2.33. The van der Waals surface area contributed by atoms with E-state index in [4.69, 9.17) is 18.9 Å². The van der Waals surface area contributed by atoms with Crippen molar-refractivity contribution in [3.8, 4) is 23.0 Å². The number of urea groups is 1. The van der Waals surface area contributed by atoms with Crippen LogP contribution in [0.4, 0.5) is 4.79 Å². The van der Waals surface area contributed by atoms with Gasteiger partial charge >= 0.3 is 6.03 Å². The Morgan fingerprint density at radius 3 is 2.53 bits per heavy atom. The Balaban J connectivity index is 1.48. The summed E-state index contributed by atoms with van der Waals surface area (Å²) in [6, 6.07) is 14.9. The number of carbonyl (C=O) groups excluding carboxylic acids is 1. The van der Waals surface area contributed by atoms with Crippen LogP contribution in [0.5, 0.6) is 23.0 Å². The molecule has 0 unspecified atom stereocenters. The minimum Gasteiger partial charge on any atom is -0.493 e. The zero-order chi connectivity index (χ0) is 22.3. The Morgan fingerprint density at radius 2 is 1.75 bits per heavy atom. The maximum Gasteiger partial charge on any atom is 0.318 e. The summed E-state index contributed by atoms with van der Waals surface area (Å²) in [5.74, 6) is 2.66. The number of amides is 2. The molecular weight excluding hydrogens is 410 g/mol. The lowest BCUT2D eigenvalue weighted by Gasteiger charge is -2.23. The van der Waals surface area contributed by atoms with Crippen molar-refractivity contribution < 1.29 is 23.7 Å². The van der Waals surface area contributed by atoms with Gasteiger partial charge in [-0.3, -0.25) is 4.98 Å². The first-order valence-electron chi connectivity index (χ1n) is 10.2. The highest BCUT2D eigenvalue weighted by molar-refractivity contribution is 5.74. The van der Waals surface area contributed by atoms with Gasteiger partial charge in [-0.15, -0.1) is 0 Å². The van der Waals surface area contributed by atoms with Crippen molar-refractivity contribution in [2.24, 2.45) is 0 Å². The number of methoxy groups -OCH3 is 2. The highest BCUT2D eigenvalue weighted by atomic mass is 16.7. The molecule has 0 saturated carbocycles. The van der Waals surface area contributed by atoms with Crippen LogP contribution in [0.3, 0.4) is 0 Å². The first-order valence-corrected chi connectivity index (χ1v) is 10.2. The average Bonchev–Trinajstić information content (AvgIpc) is 3.30. The predicted molar refractivity (Wildman–Crippen MR) is 118 cm³/mol. The molecule has 32 heavy (non-hydrogen) atoms. The van der Waals surface area contributed by atoms with E-state index in [2.05, 4.69) is 10.3 Å². The molecule has 0 spiro atoms. The number of nitrogens with zero attached hydrogens (tertiary/aromatic N) is 2. The average molecular weight is 435 g/mol. The molecule has 8 nitrogen and oxygen atoms in total. The fraction of sp³-hybridized carbons (Fsp3) is 0.250. The van der Waals surface area contributed by atoms with Gasteiger partial charge in [-0.05, 0) is 47.0 Å². The molecule has 0 radical (unpaired) electrons. The quantitative estimate of drug-likeness (QED) is 0.581. The van der Waals surface area contributed by atoms with Crippen LogP contribution in [0.2, 0.25) is 0 Å². The Kier molecular flexibility index (Phi) is 6.60. The van der Waals surface area contributed by atoms with Gasteiger partial charge in [0, 0.05) is 32.0 Å². The minimum absolute atomic E-state index is 0.193. The number of pyridine rings is 1. The van der Waals surface area contributed by atoms with E-state index >= 15 is 0 Å². The van der Waals surface area contributed by atoms with Crippen molar-refractivity contribution in [3.05, 3.63) is 77.6 Å². The van der Waals surface area contributed by atoms with Crippen LogP contribution >= 0.6 is 0 Å². The molecular formula is C24H25N3O5. The smallest absolute Gasteiger partial charge is 0.318 e. The van der Waals surface area contributed by atoms with Gasteiger partial charge in [0.05, 0.1) is 14.2 Å². The molecule has 1 N–H and O–H groups in total. The molecule has 0 aliphatic carbocycles. The molecule has 3 aromatic rings. The fourth-order valence-corrected chi connectivity index (χ4v) is 3.45. The molecule has 0 fully saturated rings. The van der Waals surface area contributed by atoms with Crippen LogP contribution in [0.1, 0.15) is 16.7 Å². The summed E-state index contributed by atoms with van der Waals surface area (Å²) in [6.45, 7) is 1.39. The van der Waals surface area contributed by atoms with E-state index in [9.17, 15) is 4.79 Å². The Bertz CT molecular complexity index is 1070.